The van der Waals surface area contributed by atoms with Crippen LogP contribution in [0.5, 0.6) is 11.5 Å². The van der Waals surface area contributed by atoms with E-state index in [2.05, 4.69) is 41.9 Å². The number of H-pyrrole nitrogens is 1. The number of aromatic amines is 1. The van der Waals surface area contributed by atoms with E-state index in [4.69, 9.17) is 4.74 Å². The van der Waals surface area contributed by atoms with Gasteiger partial charge in [-0.25, -0.2) is 14.6 Å². The summed E-state index contributed by atoms with van der Waals surface area (Å²) in [7, 11) is 0. The summed E-state index contributed by atoms with van der Waals surface area (Å²) in [6.45, 7) is 1.96. The maximum Gasteiger partial charge on any atom is 0.315 e. The zero-order chi connectivity index (χ0) is 38.9. The van der Waals surface area contributed by atoms with Crippen molar-refractivity contribution in [2.45, 2.75) is 51.0 Å². The maximum atomic E-state index is 13.2. The average Bonchev–Trinajstić information content (AvgIpc) is 3.68. The van der Waals surface area contributed by atoms with Gasteiger partial charge in [-0.05, 0) is 47.9 Å². The molecule has 0 aliphatic heterocycles. The Labute approximate surface area is 310 Å². The number of ether oxygens (including phenoxy) is 1. The molecule has 0 aliphatic rings. The van der Waals surface area contributed by atoms with Gasteiger partial charge in [-0.2, -0.15) is 0 Å². The van der Waals surface area contributed by atoms with Gasteiger partial charge in [0.05, 0.1) is 24.0 Å². The van der Waals surface area contributed by atoms with Crippen molar-refractivity contribution in [2.24, 2.45) is 0 Å². The number of aliphatic hydroxyl groups is 1. The fourth-order valence-electron chi connectivity index (χ4n) is 5.09. The van der Waals surface area contributed by atoms with E-state index in [-0.39, 0.29) is 50.5 Å². The molecule has 4 aromatic rings. The molecule has 9 N–H and O–H groups in total. The van der Waals surface area contributed by atoms with Gasteiger partial charge in [0.1, 0.15) is 23.6 Å². The van der Waals surface area contributed by atoms with Crippen LogP contribution in [0.1, 0.15) is 29.3 Å². The summed E-state index contributed by atoms with van der Waals surface area (Å²) in [5, 5.41) is 46.8. The van der Waals surface area contributed by atoms with Crippen LogP contribution in [0.3, 0.4) is 0 Å². The molecule has 3 atom stereocenters. The predicted octanol–water partition coefficient (Wildman–Crippen LogP) is 1.54. The van der Waals surface area contributed by atoms with E-state index in [0.717, 1.165) is 5.56 Å². The summed E-state index contributed by atoms with van der Waals surface area (Å²) >= 11 is 0. The van der Waals surface area contributed by atoms with Gasteiger partial charge in [0.15, 0.2) is 0 Å². The number of nitro groups is 1. The zero-order valence-electron chi connectivity index (χ0n) is 29.4. The highest BCUT2D eigenvalue weighted by molar-refractivity contribution is 5.88. The molecule has 18 nitrogen and oxygen atoms in total. The van der Waals surface area contributed by atoms with Crippen molar-refractivity contribution in [1.82, 2.24) is 41.9 Å². The Morgan fingerprint density at radius 2 is 1.41 bits per heavy atom. The number of carbonyl (C=O) groups is 4. The van der Waals surface area contributed by atoms with Crippen LogP contribution in [0.25, 0.3) is 0 Å². The first-order valence-corrected chi connectivity index (χ1v) is 17.0. The van der Waals surface area contributed by atoms with Crippen molar-refractivity contribution in [1.29, 1.82) is 0 Å². The molecule has 3 unspecified atom stereocenters. The summed E-state index contributed by atoms with van der Waals surface area (Å²) in [4.78, 5) is 69.3. The van der Waals surface area contributed by atoms with Crippen molar-refractivity contribution in [2.75, 3.05) is 19.7 Å². The number of imidazole rings is 1. The van der Waals surface area contributed by atoms with Gasteiger partial charge in [0.25, 0.3) is 5.69 Å². The van der Waals surface area contributed by atoms with Gasteiger partial charge in [-0.1, -0.05) is 36.4 Å². The number of aliphatic hydroxyl groups excluding tert-OH is 1. The summed E-state index contributed by atoms with van der Waals surface area (Å²) in [6, 6.07) is 15.4. The van der Waals surface area contributed by atoms with E-state index < -0.39 is 47.0 Å². The predicted molar refractivity (Wildman–Crippen MR) is 195 cm³/mol. The average molecular weight is 746 g/mol. The Kier molecular flexibility index (Phi) is 15.1. The molecule has 0 saturated carbocycles. The molecule has 3 aromatic carbocycles. The summed E-state index contributed by atoms with van der Waals surface area (Å²) in [5.41, 5.74) is 2.38. The number of amides is 6. The van der Waals surface area contributed by atoms with Gasteiger partial charge in [0.2, 0.25) is 11.8 Å². The minimum absolute atomic E-state index is 0.0177. The van der Waals surface area contributed by atoms with Crippen molar-refractivity contribution >= 4 is 29.6 Å². The molecule has 0 fully saturated rings. The second-order valence-corrected chi connectivity index (χ2v) is 12.1. The molecule has 0 aliphatic carbocycles. The number of nitro benzene ring substituents is 1. The number of aromatic hydroxyl groups is 1. The number of aromatic nitrogens is 2. The molecule has 0 saturated heterocycles. The quantitative estimate of drug-likeness (QED) is 0.0494. The second-order valence-electron chi connectivity index (χ2n) is 12.1. The third-order valence-corrected chi connectivity index (χ3v) is 7.88. The highest BCUT2D eigenvalue weighted by atomic mass is 16.6. The zero-order valence-corrected chi connectivity index (χ0v) is 29.4. The lowest BCUT2D eigenvalue weighted by Crippen LogP contribution is -2.53. The van der Waals surface area contributed by atoms with Crippen LogP contribution < -0.4 is 36.6 Å². The van der Waals surface area contributed by atoms with Crippen LogP contribution in [-0.4, -0.2) is 86.9 Å². The van der Waals surface area contributed by atoms with Gasteiger partial charge >= 0.3 is 12.1 Å². The molecule has 6 amide bonds. The van der Waals surface area contributed by atoms with E-state index in [1.165, 1.54) is 42.9 Å². The molecule has 0 spiro atoms. The number of benzene rings is 3. The second kappa shape index (κ2) is 20.4. The number of urea groups is 2. The van der Waals surface area contributed by atoms with Gasteiger partial charge < -0.3 is 51.8 Å². The normalized spacial score (nSPS) is 12.3. The van der Waals surface area contributed by atoms with Crippen molar-refractivity contribution in [3.63, 3.8) is 0 Å². The number of hydrogen-bond donors (Lipinski definition) is 9. The third-order valence-electron chi connectivity index (χ3n) is 7.88. The molecule has 286 valence electrons. The topological polar surface area (TPSA) is 262 Å². The molecular weight excluding hydrogens is 702 g/mol. The Hall–Kier alpha value is -6.69. The van der Waals surface area contributed by atoms with E-state index in [1.807, 2.05) is 19.1 Å². The molecule has 1 heterocycles. The van der Waals surface area contributed by atoms with E-state index >= 15 is 0 Å². The lowest BCUT2D eigenvalue weighted by atomic mass is 10.0. The molecule has 0 radical (unpaired) electrons. The Balaban J connectivity index is 1.26. The van der Waals surface area contributed by atoms with Crippen molar-refractivity contribution in [3.05, 3.63) is 118 Å². The lowest BCUT2D eigenvalue weighted by Gasteiger charge is -2.21. The number of nitrogens with one attached hydrogen (secondary N) is 7. The fourth-order valence-corrected chi connectivity index (χ4v) is 5.09. The first-order valence-electron chi connectivity index (χ1n) is 17.0. The lowest BCUT2D eigenvalue weighted by molar-refractivity contribution is -0.384. The minimum Gasteiger partial charge on any atom is -0.508 e. The van der Waals surface area contributed by atoms with Crippen LogP contribution in [0.4, 0.5) is 15.3 Å². The number of rotatable bonds is 19. The largest absolute Gasteiger partial charge is 0.508 e. The third kappa shape index (κ3) is 13.5. The molecule has 54 heavy (non-hydrogen) atoms. The number of nitrogens with zero attached hydrogens (tertiary/aromatic N) is 2. The van der Waals surface area contributed by atoms with Crippen LogP contribution in [0, 0.1) is 10.1 Å². The fraction of sp³-hybridized carbons (Fsp3) is 0.306. The monoisotopic (exact) mass is 745 g/mol. The minimum atomic E-state index is -1.25. The first kappa shape index (κ1) is 40.1. The number of phenolic OH excluding ortho intramolecular Hbond substituents is 1. The van der Waals surface area contributed by atoms with E-state index in [9.17, 15) is 39.5 Å². The Morgan fingerprint density at radius 3 is 1.98 bits per heavy atom. The highest BCUT2D eigenvalue weighted by Crippen LogP contribution is 2.15. The molecular formula is C36H43N9O9. The first-order chi connectivity index (χ1) is 26.0. The Bertz CT molecular complexity index is 1840. The van der Waals surface area contributed by atoms with Crippen LogP contribution in [0.2, 0.25) is 0 Å². The number of phenols is 1. The smallest absolute Gasteiger partial charge is 0.315 e. The van der Waals surface area contributed by atoms with Gasteiger partial charge in [-0.15, -0.1) is 0 Å². The van der Waals surface area contributed by atoms with Crippen LogP contribution >= 0.6 is 0 Å². The summed E-state index contributed by atoms with van der Waals surface area (Å²) in [6.07, 6.45) is 1.87. The van der Waals surface area contributed by atoms with E-state index in [0.29, 0.717) is 29.2 Å². The van der Waals surface area contributed by atoms with Gasteiger partial charge in [-0.3, -0.25) is 19.7 Å². The number of non-ortho nitro benzene ring substituents is 1. The van der Waals surface area contributed by atoms with Crippen LogP contribution in [0.15, 0.2) is 85.3 Å². The standard InChI is InChI=1S/C36H43N9O9/c1-2-54-30-12-8-24(9-13-30)17-38-34(49)32(16-26-19-37-22-42-26)44-36(51)41-21-29(47)20-40-35(50)43-31(15-23-6-10-28(46)11-7-23)33(48)39-18-25-4-3-5-27(14-25)45(52)53/h3-14,19,22,29,31-32,46-47H,2,15-18,20-21H2,1H3,(H,37,42)(H,38,49)(H,39,48)(H2,40,43,50)(H2,41,44,51). The van der Waals surface area contributed by atoms with E-state index in [1.54, 1.807) is 30.3 Å². The summed E-state index contributed by atoms with van der Waals surface area (Å²) < 4.78 is 5.44. The Morgan fingerprint density at radius 1 is 0.815 bits per heavy atom. The van der Waals surface area contributed by atoms with Crippen LogP contribution in [-0.2, 0) is 35.5 Å². The van der Waals surface area contributed by atoms with Gasteiger partial charge in [0, 0.05) is 63.0 Å². The summed E-state index contributed by atoms with van der Waals surface area (Å²) in [5.74, 6) is -0.319. The highest BCUT2D eigenvalue weighted by Gasteiger charge is 2.24. The van der Waals surface area contributed by atoms with Crippen molar-refractivity contribution < 1.29 is 39.1 Å². The number of carbonyl (C=O) groups excluding carboxylic acids is 4. The molecule has 4 rings (SSSR count). The van der Waals surface area contributed by atoms with Crippen molar-refractivity contribution in [3.8, 4) is 11.5 Å². The SMILES string of the molecule is CCOc1ccc(CNC(=O)C(Cc2cnc[nH]2)NC(=O)NCC(O)CNC(=O)NC(Cc2ccc(O)cc2)C(=O)NCc2cccc([N+](=O)[O-])c2)cc1. The number of hydrogen-bond acceptors (Lipinski definition) is 10. The molecule has 18 heteroatoms. The molecule has 0 bridgehead atoms. The molecule has 1 aromatic heterocycles. The maximum absolute atomic E-state index is 13.2.